The van der Waals surface area contributed by atoms with Crippen LogP contribution in [-0.4, -0.2) is 57.2 Å². The van der Waals surface area contributed by atoms with Gasteiger partial charge in [-0.25, -0.2) is 18.4 Å². The van der Waals surface area contributed by atoms with Crippen LogP contribution in [0.5, 0.6) is 11.5 Å². The zero-order valence-electron chi connectivity index (χ0n) is 19.3. The van der Waals surface area contributed by atoms with Gasteiger partial charge in [0.05, 0.1) is 24.0 Å². The highest BCUT2D eigenvalue weighted by atomic mass is 35.5. The van der Waals surface area contributed by atoms with E-state index in [9.17, 15) is 13.5 Å². The Balaban J connectivity index is 1.76. The first-order chi connectivity index (χ1) is 16.7. The van der Waals surface area contributed by atoms with Crippen molar-refractivity contribution in [3.8, 4) is 17.2 Å². The molecule has 3 unspecified atom stereocenters. The number of methoxy groups -OCH3 is 1. The number of halogens is 1. The Labute approximate surface area is 207 Å². The van der Waals surface area contributed by atoms with E-state index >= 15 is 0 Å². The van der Waals surface area contributed by atoms with Gasteiger partial charge < -0.3 is 14.6 Å². The highest BCUT2D eigenvalue weighted by Gasteiger charge is 2.33. The van der Waals surface area contributed by atoms with Crippen LogP contribution in [0.25, 0.3) is 5.69 Å². The molecule has 0 amide bonds. The van der Waals surface area contributed by atoms with Crippen LogP contribution in [0.4, 0.5) is 5.95 Å². The summed E-state index contributed by atoms with van der Waals surface area (Å²) in [5.74, 6) is 0.0601. The maximum atomic E-state index is 13.4. The van der Waals surface area contributed by atoms with Gasteiger partial charge in [-0.2, -0.15) is 0 Å². The van der Waals surface area contributed by atoms with Gasteiger partial charge in [0, 0.05) is 18.3 Å². The number of para-hydroxylation sites is 1. The summed E-state index contributed by atoms with van der Waals surface area (Å²) >= 11 is 5.85. The number of nitrogens with zero attached hydrogens (tertiary/aromatic N) is 5. The molecule has 2 aromatic heterocycles. The number of ether oxygens (including phenoxy) is 2. The second-order valence-corrected chi connectivity index (χ2v) is 10.4. The van der Waals surface area contributed by atoms with Crippen LogP contribution < -0.4 is 9.46 Å². The largest absolute Gasteiger partial charge is 0.506 e. The van der Waals surface area contributed by atoms with Crippen LogP contribution in [0, 0.1) is 0 Å². The molecule has 0 saturated carbocycles. The fourth-order valence-electron chi connectivity index (χ4n) is 3.62. The average molecular weight is 521 g/mol. The van der Waals surface area contributed by atoms with Crippen molar-refractivity contribution in [2.45, 2.75) is 37.5 Å². The molecule has 3 atom stereocenters. The van der Waals surface area contributed by atoms with Crippen molar-refractivity contribution in [3.63, 3.8) is 0 Å². The van der Waals surface area contributed by atoms with Crippen LogP contribution in [0.2, 0.25) is 5.02 Å². The molecule has 13 heteroatoms. The molecule has 0 bridgehead atoms. The van der Waals surface area contributed by atoms with Crippen LogP contribution >= 0.6 is 11.6 Å². The van der Waals surface area contributed by atoms with E-state index in [0.717, 1.165) is 6.42 Å². The maximum absolute atomic E-state index is 13.4. The first-order valence-electron chi connectivity index (χ1n) is 10.8. The third kappa shape index (κ3) is 5.09. The van der Waals surface area contributed by atoms with Gasteiger partial charge in [0.1, 0.15) is 29.1 Å². The number of rotatable bonds is 8. The minimum Gasteiger partial charge on any atom is -0.506 e. The lowest BCUT2D eigenvalue weighted by molar-refractivity contribution is 0.0730. The molecule has 35 heavy (non-hydrogen) atoms. The summed E-state index contributed by atoms with van der Waals surface area (Å²) in [6.45, 7) is 3.71. The zero-order valence-corrected chi connectivity index (χ0v) is 20.9. The third-order valence-electron chi connectivity index (χ3n) is 5.73. The van der Waals surface area contributed by atoms with E-state index in [4.69, 9.17) is 21.1 Å². The minimum absolute atomic E-state index is 0.126. The number of anilines is 1. The van der Waals surface area contributed by atoms with Gasteiger partial charge in [0.2, 0.25) is 16.0 Å². The maximum Gasteiger partial charge on any atom is 0.243 e. The number of hydrogen-bond acceptors (Lipinski definition) is 9. The number of aromatic nitrogens is 5. The molecule has 2 N–H and O–H groups in total. The Morgan fingerprint density at radius 2 is 2.00 bits per heavy atom. The summed E-state index contributed by atoms with van der Waals surface area (Å²) < 4.78 is 41.9. The normalized spacial score (nSPS) is 17.7. The Kier molecular flexibility index (Phi) is 7.24. The predicted octanol–water partition coefficient (Wildman–Crippen LogP) is 3.38. The molecule has 0 spiro atoms. The lowest BCUT2D eigenvalue weighted by Crippen LogP contribution is -2.31. The first-order valence-corrected chi connectivity index (χ1v) is 12.7. The van der Waals surface area contributed by atoms with Gasteiger partial charge in [0.15, 0.2) is 5.82 Å². The molecule has 11 nitrogen and oxygen atoms in total. The summed E-state index contributed by atoms with van der Waals surface area (Å²) in [5.41, 5.74) is 0.178. The van der Waals surface area contributed by atoms with Crippen molar-refractivity contribution in [2.75, 3.05) is 18.4 Å². The highest BCUT2D eigenvalue weighted by molar-refractivity contribution is 7.93. The molecule has 186 valence electrons. The van der Waals surface area contributed by atoms with E-state index in [0.29, 0.717) is 23.2 Å². The standard InChI is InChI=1S/C22H25ClN6O5S/c1-13(20-24-11-15(23)12-25-20)14(2)35(31,32)28-22-27-26-21(18-8-4-5-10-34-18)29(22)19-16(30)7-6-9-17(19)33-3/h4,6-9,11-14,18,30H,5,10H2,1-3H3,(H,27,28). The molecule has 1 aliphatic heterocycles. The van der Waals surface area contributed by atoms with Crippen molar-refractivity contribution in [2.24, 2.45) is 0 Å². The Morgan fingerprint density at radius 1 is 1.26 bits per heavy atom. The van der Waals surface area contributed by atoms with Crippen molar-refractivity contribution >= 4 is 27.6 Å². The number of sulfonamides is 1. The van der Waals surface area contributed by atoms with Crippen LogP contribution in [-0.2, 0) is 14.8 Å². The molecule has 0 radical (unpaired) electrons. The molecule has 0 aliphatic carbocycles. The van der Waals surface area contributed by atoms with Crippen LogP contribution in [0.15, 0.2) is 42.7 Å². The van der Waals surface area contributed by atoms with Crippen molar-refractivity contribution in [1.82, 2.24) is 24.7 Å². The van der Waals surface area contributed by atoms with Crippen LogP contribution in [0.1, 0.15) is 43.9 Å². The monoisotopic (exact) mass is 520 g/mol. The summed E-state index contributed by atoms with van der Waals surface area (Å²) in [6.07, 6.45) is 6.72. The van der Waals surface area contributed by atoms with E-state index in [-0.39, 0.29) is 23.2 Å². The van der Waals surface area contributed by atoms with E-state index in [1.54, 1.807) is 32.1 Å². The van der Waals surface area contributed by atoms with Gasteiger partial charge in [-0.1, -0.05) is 36.7 Å². The summed E-state index contributed by atoms with van der Waals surface area (Å²) in [7, 11) is -2.58. The molecule has 4 rings (SSSR count). The third-order valence-corrected chi connectivity index (χ3v) is 7.78. The number of benzene rings is 1. The highest BCUT2D eigenvalue weighted by Crippen LogP contribution is 2.37. The Morgan fingerprint density at radius 3 is 2.66 bits per heavy atom. The van der Waals surface area contributed by atoms with Crippen molar-refractivity contribution < 1.29 is 23.0 Å². The van der Waals surface area contributed by atoms with E-state index in [2.05, 4.69) is 24.9 Å². The number of phenols is 1. The minimum atomic E-state index is -4.02. The van der Waals surface area contributed by atoms with Gasteiger partial charge in [-0.15, -0.1) is 10.2 Å². The molecule has 0 saturated heterocycles. The zero-order chi connectivity index (χ0) is 25.2. The second kappa shape index (κ2) is 10.2. The lowest BCUT2D eigenvalue weighted by atomic mass is 10.1. The van der Waals surface area contributed by atoms with Crippen molar-refractivity contribution in [3.05, 3.63) is 59.4 Å². The Hall–Kier alpha value is -3.22. The molecule has 1 aromatic carbocycles. The fraction of sp³-hybridized carbons (Fsp3) is 0.364. The quantitative estimate of drug-likeness (QED) is 0.427. The molecule has 3 aromatic rings. The second-order valence-electron chi connectivity index (χ2n) is 7.95. The molecule has 1 aliphatic rings. The van der Waals surface area contributed by atoms with Crippen molar-refractivity contribution in [1.29, 1.82) is 0 Å². The molecular formula is C22H25ClN6O5S. The molecule has 3 heterocycles. The van der Waals surface area contributed by atoms with Gasteiger partial charge >= 0.3 is 0 Å². The summed E-state index contributed by atoms with van der Waals surface area (Å²) in [4.78, 5) is 8.28. The van der Waals surface area contributed by atoms with E-state index < -0.39 is 27.3 Å². The van der Waals surface area contributed by atoms with E-state index in [1.165, 1.54) is 30.1 Å². The topological polar surface area (TPSA) is 141 Å². The van der Waals surface area contributed by atoms with E-state index in [1.807, 2.05) is 6.08 Å². The number of phenolic OH excluding ortho intramolecular Hbond substituents is 1. The number of aromatic hydroxyl groups is 1. The van der Waals surface area contributed by atoms with Gasteiger partial charge in [0.25, 0.3) is 0 Å². The van der Waals surface area contributed by atoms with Gasteiger partial charge in [-0.3, -0.25) is 9.29 Å². The molecule has 0 fully saturated rings. The average Bonchev–Trinajstić information content (AvgIpc) is 3.26. The Bertz CT molecular complexity index is 1330. The number of hydrogen-bond donors (Lipinski definition) is 2. The SMILES string of the molecule is COc1cccc(O)c1-n1c(NS(=O)(=O)C(C)C(C)c2ncc(Cl)cn2)nnc1C1C=CCCO1. The smallest absolute Gasteiger partial charge is 0.243 e. The predicted molar refractivity (Wildman–Crippen MR) is 129 cm³/mol. The molecular weight excluding hydrogens is 496 g/mol. The fourth-order valence-corrected chi connectivity index (χ4v) is 4.95. The van der Waals surface area contributed by atoms with Gasteiger partial charge in [-0.05, 0) is 25.5 Å². The number of nitrogens with one attached hydrogen (secondary N) is 1. The summed E-state index contributed by atoms with van der Waals surface area (Å²) in [6, 6.07) is 4.70. The summed E-state index contributed by atoms with van der Waals surface area (Å²) in [5, 5.41) is 18.4. The lowest BCUT2D eigenvalue weighted by Gasteiger charge is -2.22. The first kappa shape index (κ1) is 24.9. The van der Waals surface area contributed by atoms with Crippen LogP contribution in [0.3, 0.4) is 0 Å².